The van der Waals surface area contributed by atoms with Crippen molar-refractivity contribution in [3.05, 3.63) is 51.4 Å². The van der Waals surface area contributed by atoms with Crippen LogP contribution in [0.5, 0.6) is 0 Å². The molecule has 0 spiro atoms. The third-order valence-electron chi connectivity index (χ3n) is 4.78. The number of nitriles is 2. The molecule has 35 heavy (non-hydrogen) atoms. The normalized spacial score (nSPS) is 11.2. The Hall–Kier alpha value is -4.62. The Morgan fingerprint density at radius 1 is 1.29 bits per heavy atom. The number of nitrogens with one attached hydrogen (secondary N) is 2. The molecule has 178 valence electrons. The molecule has 1 amide bonds. The monoisotopic (exact) mass is 494 g/mol. The number of aromatic amines is 1. The van der Waals surface area contributed by atoms with Gasteiger partial charge in [-0.2, -0.15) is 10.5 Å². The zero-order chi connectivity index (χ0) is 25.7. The minimum absolute atomic E-state index is 0.0373. The van der Waals surface area contributed by atoms with E-state index in [1.54, 1.807) is 26.0 Å². The van der Waals surface area contributed by atoms with Gasteiger partial charge in [-0.1, -0.05) is 16.4 Å². The van der Waals surface area contributed by atoms with Crippen LogP contribution in [0.2, 0.25) is 0 Å². The summed E-state index contributed by atoms with van der Waals surface area (Å²) in [6.45, 7) is 3.55. The second kappa shape index (κ2) is 10.5. The number of thioether (sulfide) groups is 1. The van der Waals surface area contributed by atoms with Crippen LogP contribution in [-0.4, -0.2) is 34.0 Å². The molecule has 0 fully saturated rings. The van der Waals surface area contributed by atoms with Crippen LogP contribution in [0.15, 0.2) is 38.6 Å². The van der Waals surface area contributed by atoms with Gasteiger partial charge in [-0.25, -0.2) is 14.6 Å². The molecule has 0 radical (unpaired) electrons. The Bertz CT molecular complexity index is 1430. The van der Waals surface area contributed by atoms with E-state index in [4.69, 9.17) is 15.0 Å². The van der Waals surface area contributed by atoms with Crippen LogP contribution in [0.1, 0.15) is 35.3 Å². The molecule has 1 atom stereocenters. The lowest BCUT2D eigenvalue weighted by molar-refractivity contribution is -0.730. The standard InChI is InChI=1S/C22H19N7O5S/c1-4-33-21(31)12-5-7-13(8-6-12)26-19(30)11(2)35-20-15(10-24)16(14(9-23)18(25)27-20)17-22(32)34-28-29(17)3/h5-8,11H,4H2,1-3H3,(H3-,25,26,27,28,30,31,32)/p+1. The van der Waals surface area contributed by atoms with Gasteiger partial charge in [0.1, 0.15) is 34.1 Å². The highest BCUT2D eigenvalue weighted by atomic mass is 32.2. The number of pyridine rings is 1. The molecule has 0 saturated heterocycles. The fourth-order valence-electron chi connectivity index (χ4n) is 3.10. The highest BCUT2D eigenvalue weighted by Crippen LogP contribution is 2.35. The van der Waals surface area contributed by atoms with Gasteiger partial charge in [-0.05, 0) is 43.4 Å². The first-order chi connectivity index (χ1) is 16.7. The van der Waals surface area contributed by atoms with Crippen LogP contribution in [0, 0.1) is 22.7 Å². The maximum absolute atomic E-state index is 12.8. The Kier molecular flexibility index (Phi) is 7.53. The second-order valence-corrected chi connectivity index (χ2v) is 8.42. The first-order valence-corrected chi connectivity index (χ1v) is 11.1. The van der Waals surface area contributed by atoms with E-state index in [9.17, 15) is 24.9 Å². The van der Waals surface area contributed by atoms with Crippen molar-refractivity contribution in [2.75, 3.05) is 17.7 Å². The van der Waals surface area contributed by atoms with E-state index >= 15 is 0 Å². The number of hydrogen-bond acceptors (Lipinski definition) is 10. The Morgan fingerprint density at radius 2 is 1.94 bits per heavy atom. The van der Waals surface area contributed by atoms with Gasteiger partial charge in [-0.3, -0.25) is 9.32 Å². The molecule has 0 aliphatic carbocycles. The average Bonchev–Trinajstić information content (AvgIpc) is 3.16. The van der Waals surface area contributed by atoms with E-state index in [1.807, 2.05) is 12.1 Å². The van der Waals surface area contributed by atoms with E-state index in [1.165, 1.54) is 23.9 Å². The van der Waals surface area contributed by atoms with Crippen molar-refractivity contribution in [1.82, 2.24) is 10.3 Å². The number of nitrogens with two attached hydrogens (primary N) is 1. The molecule has 3 aromatic rings. The largest absolute Gasteiger partial charge is 0.462 e. The summed E-state index contributed by atoms with van der Waals surface area (Å²) in [6, 6.07) is 9.99. The van der Waals surface area contributed by atoms with E-state index in [2.05, 4.69) is 15.6 Å². The second-order valence-electron chi connectivity index (χ2n) is 7.09. The van der Waals surface area contributed by atoms with Crippen molar-refractivity contribution in [3.63, 3.8) is 0 Å². The number of nitrogens with zero attached hydrogens (tertiary/aromatic N) is 4. The number of hydrogen-bond donors (Lipinski definition) is 3. The van der Waals surface area contributed by atoms with Crippen molar-refractivity contribution in [2.24, 2.45) is 7.05 Å². The molecule has 4 N–H and O–H groups in total. The number of carbonyl (C=O) groups excluding carboxylic acids is 2. The molecule has 0 bridgehead atoms. The molecule has 0 aliphatic rings. The predicted octanol–water partition coefficient (Wildman–Crippen LogP) is 1.48. The summed E-state index contributed by atoms with van der Waals surface area (Å²) in [5.74, 6) is -1.09. The highest BCUT2D eigenvalue weighted by molar-refractivity contribution is 8.00. The fraction of sp³-hybridized carbons (Fsp3) is 0.227. The summed E-state index contributed by atoms with van der Waals surface area (Å²) >= 11 is 0.932. The quantitative estimate of drug-likeness (QED) is 0.246. The van der Waals surface area contributed by atoms with Crippen LogP contribution in [0.25, 0.3) is 11.3 Å². The SMILES string of the molecule is CCOC(=O)c1ccc(NC(=O)C(C)Sc2nc(N)c(C#N)c(-c3c(=O)o[nH][n+]3C)c2C#N)cc1. The maximum Gasteiger partial charge on any atom is 0.435 e. The van der Waals surface area contributed by atoms with Gasteiger partial charge in [0.2, 0.25) is 5.91 Å². The predicted molar refractivity (Wildman–Crippen MR) is 124 cm³/mol. The van der Waals surface area contributed by atoms with Crippen LogP contribution >= 0.6 is 11.8 Å². The van der Waals surface area contributed by atoms with Crippen LogP contribution in [-0.2, 0) is 16.6 Å². The zero-order valence-corrected chi connectivity index (χ0v) is 19.7. The molecular weight excluding hydrogens is 474 g/mol. The van der Waals surface area contributed by atoms with E-state index < -0.39 is 22.8 Å². The summed E-state index contributed by atoms with van der Waals surface area (Å²) in [7, 11) is 1.47. The third-order valence-corrected chi connectivity index (χ3v) is 5.86. The Morgan fingerprint density at radius 3 is 2.49 bits per heavy atom. The van der Waals surface area contributed by atoms with Crippen molar-refractivity contribution < 1.29 is 23.5 Å². The molecule has 1 unspecified atom stereocenters. The number of amides is 1. The van der Waals surface area contributed by atoms with Gasteiger partial charge in [0.15, 0.2) is 7.05 Å². The molecule has 0 aliphatic heterocycles. The van der Waals surface area contributed by atoms with Crippen molar-refractivity contribution in [2.45, 2.75) is 24.1 Å². The van der Waals surface area contributed by atoms with Crippen molar-refractivity contribution in [1.29, 1.82) is 10.5 Å². The lowest BCUT2D eigenvalue weighted by atomic mass is 10.0. The van der Waals surface area contributed by atoms with Gasteiger partial charge in [-0.15, -0.1) is 0 Å². The van der Waals surface area contributed by atoms with Gasteiger partial charge in [0.25, 0.3) is 0 Å². The zero-order valence-electron chi connectivity index (χ0n) is 18.9. The molecular formula is C22H20N7O5S+. The van der Waals surface area contributed by atoms with Crippen LogP contribution < -0.4 is 21.4 Å². The van der Waals surface area contributed by atoms with Gasteiger partial charge >= 0.3 is 17.3 Å². The topological polar surface area (TPSA) is 192 Å². The number of rotatable bonds is 7. The number of ether oxygens (including phenoxy) is 1. The lowest BCUT2D eigenvalue weighted by Crippen LogP contribution is -2.34. The molecule has 13 heteroatoms. The van der Waals surface area contributed by atoms with E-state index in [0.717, 1.165) is 11.8 Å². The maximum atomic E-state index is 12.8. The third kappa shape index (κ3) is 5.15. The molecule has 0 saturated carbocycles. The summed E-state index contributed by atoms with van der Waals surface area (Å²) in [5.41, 5.74) is 5.55. The molecule has 2 aromatic heterocycles. The van der Waals surface area contributed by atoms with Crippen LogP contribution in [0.4, 0.5) is 11.5 Å². The van der Waals surface area contributed by atoms with Crippen LogP contribution in [0.3, 0.4) is 0 Å². The number of benzene rings is 1. The molecule has 3 rings (SSSR count). The number of nitrogen functional groups attached to an aromatic ring is 1. The first kappa shape index (κ1) is 25.0. The van der Waals surface area contributed by atoms with E-state index in [0.29, 0.717) is 11.3 Å². The number of aromatic nitrogens is 3. The number of esters is 1. The van der Waals surface area contributed by atoms with Crippen molar-refractivity contribution in [3.8, 4) is 23.4 Å². The number of carbonyl (C=O) groups is 2. The lowest BCUT2D eigenvalue weighted by Gasteiger charge is -2.14. The van der Waals surface area contributed by atoms with E-state index in [-0.39, 0.29) is 39.8 Å². The van der Waals surface area contributed by atoms with Gasteiger partial charge < -0.3 is 15.8 Å². The minimum Gasteiger partial charge on any atom is -0.462 e. The van der Waals surface area contributed by atoms with Gasteiger partial charge in [0.05, 0.1) is 23.0 Å². The molecule has 12 nitrogen and oxygen atoms in total. The summed E-state index contributed by atoms with van der Waals surface area (Å²) in [6.07, 6.45) is 0. The number of H-pyrrole nitrogens is 1. The fourth-order valence-corrected chi connectivity index (χ4v) is 4.02. The summed E-state index contributed by atoms with van der Waals surface area (Å²) in [4.78, 5) is 40.9. The molecule has 2 heterocycles. The van der Waals surface area contributed by atoms with Gasteiger partial charge in [0, 0.05) is 5.69 Å². The highest BCUT2D eigenvalue weighted by Gasteiger charge is 2.32. The Labute approximate surface area is 203 Å². The first-order valence-electron chi connectivity index (χ1n) is 10.2. The summed E-state index contributed by atoms with van der Waals surface area (Å²) < 4.78 is 10.9. The smallest absolute Gasteiger partial charge is 0.435 e. The van der Waals surface area contributed by atoms with Crippen molar-refractivity contribution >= 4 is 35.1 Å². The minimum atomic E-state index is -0.806. The number of anilines is 2. The number of aryl methyl sites for hydroxylation is 1. The summed E-state index contributed by atoms with van der Waals surface area (Å²) in [5, 5.41) is 23.8. The Balaban J connectivity index is 1.89. The average molecular weight is 495 g/mol. The molecule has 1 aromatic carbocycles.